The molecule has 6 heteroatoms. The van der Waals surface area contributed by atoms with Gasteiger partial charge in [0.1, 0.15) is 5.75 Å². The van der Waals surface area contributed by atoms with Crippen molar-refractivity contribution in [3.05, 3.63) is 24.3 Å². The first-order chi connectivity index (χ1) is 8.63. The fourth-order valence-corrected chi connectivity index (χ4v) is 1.37. The third-order valence-corrected chi connectivity index (χ3v) is 2.39. The van der Waals surface area contributed by atoms with Crippen molar-refractivity contribution in [3.8, 4) is 5.75 Å². The van der Waals surface area contributed by atoms with Crippen molar-refractivity contribution in [2.75, 3.05) is 12.3 Å². The highest BCUT2D eigenvalue weighted by Crippen LogP contribution is 2.18. The van der Waals surface area contributed by atoms with E-state index in [9.17, 15) is 9.59 Å². The quantitative estimate of drug-likeness (QED) is 0.682. The molecule has 0 saturated heterocycles. The first-order valence-corrected chi connectivity index (χ1v) is 5.72. The molecule has 4 N–H and O–H groups in total. The Morgan fingerprint density at radius 1 is 1.39 bits per heavy atom. The summed E-state index contributed by atoms with van der Waals surface area (Å²) in [6.07, 6.45) is 1.95. The second kappa shape index (κ2) is 5.39. The largest absolute Gasteiger partial charge is 0.484 e. The van der Waals surface area contributed by atoms with Gasteiger partial charge in [0.05, 0.1) is 0 Å². The van der Waals surface area contributed by atoms with Crippen LogP contribution in [0.5, 0.6) is 5.75 Å². The SMILES string of the molecule is Nc1cccc(OCC(=O)NC(=O)NC2CC2)c1. The number of urea groups is 1. The molecule has 1 aromatic rings. The monoisotopic (exact) mass is 249 g/mol. The van der Waals surface area contributed by atoms with Crippen molar-refractivity contribution >= 4 is 17.6 Å². The van der Waals surface area contributed by atoms with Gasteiger partial charge in [0.25, 0.3) is 5.91 Å². The first-order valence-electron chi connectivity index (χ1n) is 5.72. The fourth-order valence-electron chi connectivity index (χ4n) is 1.37. The van der Waals surface area contributed by atoms with Crippen LogP contribution in [0.25, 0.3) is 0 Å². The molecule has 1 saturated carbocycles. The van der Waals surface area contributed by atoms with E-state index in [-0.39, 0.29) is 12.6 Å². The zero-order valence-electron chi connectivity index (χ0n) is 9.81. The minimum absolute atomic E-state index is 0.215. The van der Waals surface area contributed by atoms with Crippen LogP contribution in [0.15, 0.2) is 24.3 Å². The number of imide groups is 1. The molecule has 1 aliphatic rings. The van der Waals surface area contributed by atoms with Gasteiger partial charge < -0.3 is 15.8 Å². The van der Waals surface area contributed by atoms with Crippen LogP contribution in [-0.2, 0) is 4.79 Å². The van der Waals surface area contributed by atoms with Gasteiger partial charge in [-0.25, -0.2) is 4.79 Å². The number of benzene rings is 1. The highest BCUT2D eigenvalue weighted by molar-refractivity contribution is 5.95. The first kappa shape index (κ1) is 12.2. The molecule has 0 spiro atoms. The zero-order chi connectivity index (χ0) is 13.0. The number of amides is 3. The van der Waals surface area contributed by atoms with Gasteiger partial charge in [-0.3, -0.25) is 10.1 Å². The van der Waals surface area contributed by atoms with Gasteiger partial charge in [-0.05, 0) is 25.0 Å². The molecule has 18 heavy (non-hydrogen) atoms. The Morgan fingerprint density at radius 3 is 2.83 bits per heavy atom. The maximum Gasteiger partial charge on any atom is 0.321 e. The van der Waals surface area contributed by atoms with Crippen LogP contribution in [0.3, 0.4) is 0 Å². The number of nitrogens with two attached hydrogens (primary N) is 1. The lowest BCUT2D eigenvalue weighted by Crippen LogP contribution is -2.42. The summed E-state index contributed by atoms with van der Waals surface area (Å²) < 4.78 is 5.20. The van der Waals surface area contributed by atoms with Crippen molar-refractivity contribution in [1.82, 2.24) is 10.6 Å². The molecule has 0 unspecified atom stereocenters. The van der Waals surface area contributed by atoms with Gasteiger partial charge in [-0.2, -0.15) is 0 Å². The standard InChI is InChI=1S/C12H15N3O3/c13-8-2-1-3-10(6-8)18-7-11(16)15-12(17)14-9-4-5-9/h1-3,6,9H,4-5,7,13H2,(H2,14,15,16,17). The predicted molar refractivity (Wildman–Crippen MR) is 66.0 cm³/mol. The van der Waals surface area contributed by atoms with Crippen LogP contribution in [-0.4, -0.2) is 24.6 Å². The van der Waals surface area contributed by atoms with Crippen LogP contribution in [0.2, 0.25) is 0 Å². The summed E-state index contributed by atoms with van der Waals surface area (Å²) in [5, 5.41) is 4.84. The fraction of sp³-hybridized carbons (Fsp3) is 0.333. The van der Waals surface area contributed by atoms with E-state index in [0.29, 0.717) is 11.4 Å². The number of ether oxygens (including phenoxy) is 1. The van der Waals surface area contributed by atoms with E-state index in [1.165, 1.54) is 0 Å². The molecule has 0 aromatic heterocycles. The van der Waals surface area contributed by atoms with E-state index in [4.69, 9.17) is 10.5 Å². The third kappa shape index (κ3) is 3.97. The second-order valence-corrected chi connectivity index (χ2v) is 4.16. The lowest BCUT2D eigenvalue weighted by Gasteiger charge is -2.07. The van der Waals surface area contributed by atoms with Crippen molar-refractivity contribution < 1.29 is 14.3 Å². The van der Waals surface area contributed by atoms with E-state index in [1.807, 2.05) is 0 Å². The summed E-state index contributed by atoms with van der Waals surface area (Å²) in [4.78, 5) is 22.6. The third-order valence-electron chi connectivity index (χ3n) is 2.39. The number of rotatable bonds is 4. The molecular weight excluding hydrogens is 234 g/mol. The number of hydrogen-bond donors (Lipinski definition) is 3. The maximum absolute atomic E-state index is 11.4. The Morgan fingerprint density at radius 2 is 2.17 bits per heavy atom. The summed E-state index contributed by atoms with van der Waals surface area (Å²) in [6, 6.07) is 6.48. The Bertz CT molecular complexity index is 458. The van der Waals surface area contributed by atoms with E-state index < -0.39 is 11.9 Å². The van der Waals surface area contributed by atoms with Gasteiger partial charge in [0.15, 0.2) is 6.61 Å². The topological polar surface area (TPSA) is 93.4 Å². The van der Waals surface area contributed by atoms with Gasteiger partial charge >= 0.3 is 6.03 Å². The minimum atomic E-state index is -0.490. The second-order valence-electron chi connectivity index (χ2n) is 4.16. The average Bonchev–Trinajstić information content (AvgIpc) is 3.10. The molecule has 0 radical (unpaired) electrons. The van der Waals surface area contributed by atoms with Crippen molar-refractivity contribution in [2.24, 2.45) is 0 Å². The maximum atomic E-state index is 11.4. The minimum Gasteiger partial charge on any atom is -0.484 e. The number of hydrogen-bond acceptors (Lipinski definition) is 4. The smallest absolute Gasteiger partial charge is 0.321 e. The molecular formula is C12H15N3O3. The van der Waals surface area contributed by atoms with Crippen molar-refractivity contribution in [2.45, 2.75) is 18.9 Å². The molecule has 0 heterocycles. The highest BCUT2D eigenvalue weighted by Gasteiger charge is 2.23. The summed E-state index contributed by atoms with van der Waals surface area (Å²) in [5.74, 6) is 0.00308. The molecule has 0 atom stereocenters. The molecule has 3 amide bonds. The van der Waals surface area contributed by atoms with Gasteiger partial charge in [-0.15, -0.1) is 0 Å². The van der Waals surface area contributed by atoms with Gasteiger partial charge in [-0.1, -0.05) is 6.07 Å². The van der Waals surface area contributed by atoms with Crippen LogP contribution in [0.1, 0.15) is 12.8 Å². The number of carbonyl (C=O) groups is 2. The number of anilines is 1. The van der Waals surface area contributed by atoms with E-state index in [0.717, 1.165) is 12.8 Å². The van der Waals surface area contributed by atoms with Crippen LogP contribution >= 0.6 is 0 Å². The van der Waals surface area contributed by atoms with Gasteiger partial charge in [0.2, 0.25) is 0 Å². The Kier molecular flexibility index (Phi) is 3.66. The van der Waals surface area contributed by atoms with Crippen molar-refractivity contribution in [1.29, 1.82) is 0 Å². The molecule has 6 nitrogen and oxygen atoms in total. The molecule has 1 aromatic carbocycles. The normalized spacial score (nSPS) is 13.8. The summed E-state index contributed by atoms with van der Waals surface area (Å²) in [6.45, 7) is -0.221. The summed E-state index contributed by atoms with van der Waals surface area (Å²) in [7, 11) is 0. The Labute approximate surface area is 104 Å². The lowest BCUT2D eigenvalue weighted by molar-refractivity contribution is -0.122. The molecule has 1 aliphatic carbocycles. The summed E-state index contributed by atoms with van der Waals surface area (Å²) in [5.41, 5.74) is 6.12. The van der Waals surface area contributed by atoms with Crippen LogP contribution in [0, 0.1) is 0 Å². The molecule has 96 valence electrons. The van der Waals surface area contributed by atoms with Crippen LogP contribution < -0.4 is 21.1 Å². The zero-order valence-corrected chi connectivity index (χ0v) is 9.81. The lowest BCUT2D eigenvalue weighted by atomic mass is 10.3. The van der Waals surface area contributed by atoms with E-state index in [2.05, 4.69) is 10.6 Å². The Hall–Kier alpha value is -2.24. The van der Waals surface area contributed by atoms with E-state index in [1.54, 1.807) is 24.3 Å². The molecule has 0 bridgehead atoms. The van der Waals surface area contributed by atoms with Crippen molar-refractivity contribution in [3.63, 3.8) is 0 Å². The molecule has 2 rings (SSSR count). The van der Waals surface area contributed by atoms with Gasteiger partial charge in [0, 0.05) is 17.8 Å². The van der Waals surface area contributed by atoms with E-state index >= 15 is 0 Å². The molecule has 0 aliphatic heterocycles. The predicted octanol–water partition coefficient (Wildman–Crippen LogP) is 0.636. The number of nitrogens with one attached hydrogen (secondary N) is 2. The molecule has 1 fully saturated rings. The highest BCUT2D eigenvalue weighted by atomic mass is 16.5. The van der Waals surface area contributed by atoms with Crippen LogP contribution in [0.4, 0.5) is 10.5 Å². The summed E-state index contributed by atoms with van der Waals surface area (Å²) >= 11 is 0. The number of nitrogen functional groups attached to an aromatic ring is 1. The average molecular weight is 249 g/mol. The number of carbonyl (C=O) groups excluding carboxylic acids is 2. The Balaban J connectivity index is 1.72.